The van der Waals surface area contributed by atoms with Gasteiger partial charge in [-0.05, 0) is 12.5 Å². The van der Waals surface area contributed by atoms with Gasteiger partial charge in [0.25, 0.3) is 5.91 Å². The molecule has 0 aliphatic carbocycles. The van der Waals surface area contributed by atoms with Gasteiger partial charge in [-0.3, -0.25) is 9.78 Å². The van der Waals surface area contributed by atoms with Crippen LogP contribution in [-0.4, -0.2) is 33.1 Å². The van der Waals surface area contributed by atoms with Gasteiger partial charge in [0.15, 0.2) is 0 Å². The normalized spacial score (nSPS) is 13.4. The fourth-order valence-electron chi connectivity index (χ4n) is 1.92. The van der Waals surface area contributed by atoms with Crippen molar-refractivity contribution in [2.24, 2.45) is 5.73 Å². The summed E-state index contributed by atoms with van der Waals surface area (Å²) in [6.07, 6.45) is 2.72. The minimum atomic E-state index is -0.636. The number of nitrogens with two attached hydrogens (primary N) is 1. The van der Waals surface area contributed by atoms with Crippen molar-refractivity contribution in [3.8, 4) is 0 Å². The Morgan fingerprint density at radius 3 is 2.71 bits per heavy atom. The van der Waals surface area contributed by atoms with Gasteiger partial charge in [0.1, 0.15) is 11.5 Å². The molecule has 2 rings (SSSR count). The van der Waals surface area contributed by atoms with Gasteiger partial charge in [-0.15, -0.1) is 0 Å². The number of nitrogens with one attached hydrogen (secondary N) is 1. The zero-order chi connectivity index (χ0) is 15.2. The van der Waals surface area contributed by atoms with Crippen molar-refractivity contribution >= 4 is 11.7 Å². The molecule has 2 aromatic rings. The standard InChI is InChI=1S/C15H18N4O2/c1-10(13(20)7-11-5-3-2-4-6-11)18-14-9-17-8-12(19-14)15(16)21/h2-6,8-10,13,20H,7H2,1H3,(H2,16,21)(H,18,19). The summed E-state index contributed by atoms with van der Waals surface area (Å²) in [6, 6.07) is 9.47. The van der Waals surface area contributed by atoms with E-state index < -0.39 is 12.0 Å². The molecule has 0 spiro atoms. The third kappa shape index (κ3) is 4.25. The predicted molar refractivity (Wildman–Crippen MR) is 79.8 cm³/mol. The lowest BCUT2D eigenvalue weighted by Crippen LogP contribution is -2.33. The minimum absolute atomic E-state index is 0.0877. The number of carbonyl (C=O) groups excluding carboxylic acids is 1. The van der Waals surface area contributed by atoms with E-state index in [1.807, 2.05) is 37.3 Å². The number of rotatable bonds is 6. The highest BCUT2D eigenvalue weighted by Crippen LogP contribution is 2.10. The molecule has 2 unspecified atom stereocenters. The topological polar surface area (TPSA) is 101 Å². The first-order valence-corrected chi connectivity index (χ1v) is 6.66. The van der Waals surface area contributed by atoms with Gasteiger partial charge in [-0.25, -0.2) is 4.98 Å². The van der Waals surface area contributed by atoms with Gasteiger partial charge >= 0.3 is 0 Å². The van der Waals surface area contributed by atoms with Crippen molar-refractivity contribution in [2.75, 3.05) is 5.32 Å². The van der Waals surface area contributed by atoms with E-state index >= 15 is 0 Å². The molecule has 6 heteroatoms. The second-order valence-corrected chi connectivity index (χ2v) is 4.84. The molecular formula is C15H18N4O2. The van der Waals surface area contributed by atoms with Gasteiger partial charge in [-0.2, -0.15) is 0 Å². The summed E-state index contributed by atoms with van der Waals surface area (Å²) < 4.78 is 0. The zero-order valence-electron chi connectivity index (χ0n) is 11.7. The summed E-state index contributed by atoms with van der Waals surface area (Å²) in [5.74, 6) is -0.227. The van der Waals surface area contributed by atoms with Crippen LogP contribution in [0.4, 0.5) is 5.82 Å². The van der Waals surface area contributed by atoms with E-state index in [-0.39, 0.29) is 11.7 Å². The SMILES string of the molecule is CC(Nc1cncc(C(N)=O)n1)C(O)Cc1ccccc1. The Hall–Kier alpha value is -2.47. The van der Waals surface area contributed by atoms with Crippen molar-refractivity contribution in [1.29, 1.82) is 0 Å². The number of hydrogen-bond donors (Lipinski definition) is 3. The summed E-state index contributed by atoms with van der Waals surface area (Å²) in [6.45, 7) is 1.84. The average Bonchev–Trinajstić information content (AvgIpc) is 2.48. The molecule has 1 amide bonds. The van der Waals surface area contributed by atoms with Gasteiger partial charge in [-0.1, -0.05) is 30.3 Å². The molecule has 0 bridgehead atoms. The molecule has 2 atom stereocenters. The fourth-order valence-corrected chi connectivity index (χ4v) is 1.92. The molecule has 21 heavy (non-hydrogen) atoms. The second kappa shape index (κ2) is 6.81. The quantitative estimate of drug-likeness (QED) is 0.735. The number of primary amides is 1. The third-order valence-corrected chi connectivity index (χ3v) is 3.13. The maximum absolute atomic E-state index is 11.1. The molecule has 0 aliphatic rings. The number of anilines is 1. The molecule has 0 fully saturated rings. The van der Waals surface area contributed by atoms with E-state index in [4.69, 9.17) is 5.73 Å². The van der Waals surface area contributed by atoms with Crippen molar-refractivity contribution in [1.82, 2.24) is 9.97 Å². The van der Waals surface area contributed by atoms with Gasteiger partial charge in [0, 0.05) is 6.42 Å². The van der Waals surface area contributed by atoms with Gasteiger partial charge < -0.3 is 16.2 Å². The highest BCUT2D eigenvalue weighted by atomic mass is 16.3. The Morgan fingerprint density at radius 2 is 2.05 bits per heavy atom. The summed E-state index contributed by atoms with van der Waals surface area (Å²) in [4.78, 5) is 19.0. The van der Waals surface area contributed by atoms with Crippen LogP contribution in [0.15, 0.2) is 42.7 Å². The summed E-state index contributed by atoms with van der Waals surface area (Å²) >= 11 is 0. The van der Waals surface area contributed by atoms with Gasteiger partial charge in [0.2, 0.25) is 0 Å². The fraction of sp³-hybridized carbons (Fsp3) is 0.267. The summed E-state index contributed by atoms with van der Waals surface area (Å²) in [5.41, 5.74) is 6.30. The lowest BCUT2D eigenvalue weighted by Gasteiger charge is -2.20. The molecule has 1 aromatic heterocycles. The van der Waals surface area contributed by atoms with Crippen molar-refractivity contribution in [3.05, 3.63) is 54.0 Å². The monoisotopic (exact) mass is 286 g/mol. The van der Waals surface area contributed by atoms with Crippen LogP contribution >= 0.6 is 0 Å². The number of aliphatic hydroxyl groups excluding tert-OH is 1. The molecular weight excluding hydrogens is 268 g/mol. The van der Waals surface area contributed by atoms with Crippen LogP contribution in [0.25, 0.3) is 0 Å². The maximum atomic E-state index is 11.1. The third-order valence-electron chi connectivity index (χ3n) is 3.13. The van der Waals surface area contributed by atoms with Crippen molar-refractivity contribution < 1.29 is 9.90 Å². The average molecular weight is 286 g/mol. The number of carbonyl (C=O) groups is 1. The van der Waals surface area contributed by atoms with E-state index in [9.17, 15) is 9.90 Å². The van der Waals surface area contributed by atoms with Crippen molar-refractivity contribution in [2.45, 2.75) is 25.5 Å². The smallest absolute Gasteiger partial charge is 0.268 e. The van der Waals surface area contributed by atoms with Crippen LogP contribution in [0, 0.1) is 0 Å². The molecule has 1 heterocycles. The highest BCUT2D eigenvalue weighted by Gasteiger charge is 2.15. The molecule has 0 aliphatic heterocycles. The lowest BCUT2D eigenvalue weighted by atomic mass is 10.0. The van der Waals surface area contributed by atoms with Crippen LogP contribution in [0.2, 0.25) is 0 Å². The highest BCUT2D eigenvalue weighted by molar-refractivity contribution is 5.90. The Labute approximate surface area is 123 Å². The van der Waals surface area contributed by atoms with E-state index in [0.29, 0.717) is 12.2 Å². The first-order valence-electron chi connectivity index (χ1n) is 6.66. The largest absolute Gasteiger partial charge is 0.391 e. The second-order valence-electron chi connectivity index (χ2n) is 4.84. The molecule has 0 saturated heterocycles. The molecule has 6 nitrogen and oxygen atoms in total. The van der Waals surface area contributed by atoms with Crippen LogP contribution in [0.1, 0.15) is 23.0 Å². The van der Waals surface area contributed by atoms with E-state index in [1.54, 1.807) is 0 Å². The predicted octanol–water partition coefficient (Wildman–Crippen LogP) is 0.979. The molecule has 0 saturated carbocycles. The van der Waals surface area contributed by atoms with Gasteiger partial charge in [0.05, 0.1) is 24.5 Å². The Bertz CT molecular complexity index is 604. The van der Waals surface area contributed by atoms with E-state index in [1.165, 1.54) is 12.4 Å². The molecule has 1 aromatic carbocycles. The van der Waals surface area contributed by atoms with Crippen LogP contribution in [-0.2, 0) is 6.42 Å². The van der Waals surface area contributed by atoms with Crippen LogP contribution < -0.4 is 11.1 Å². The Kier molecular flexibility index (Phi) is 4.84. The molecule has 4 N–H and O–H groups in total. The Balaban J connectivity index is 1.99. The number of aliphatic hydroxyl groups is 1. The number of aromatic nitrogens is 2. The number of hydrogen-bond acceptors (Lipinski definition) is 5. The molecule has 110 valence electrons. The van der Waals surface area contributed by atoms with E-state index in [0.717, 1.165) is 5.56 Å². The summed E-state index contributed by atoms with van der Waals surface area (Å²) in [5, 5.41) is 13.2. The molecule has 0 radical (unpaired) electrons. The minimum Gasteiger partial charge on any atom is -0.391 e. The number of benzene rings is 1. The summed E-state index contributed by atoms with van der Waals surface area (Å²) in [7, 11) is 0. The lowest BCUT2D eigenvalue weighted by molar-refractivity contribution is 0.0995. The van der Waals surface area contributed by atoms with Crippen LogP contribution in [0.3, 0.4) is 0 Å². The number of amides is 1. The Morgan fingerprint density at radius 1 is 1.33 bits per heavy atom. The first-order chi connectivity index (χ1) is 10.1. The zero-order valence-corrected chi connectivity index (χ0v) is 11.7. The maximum Gasteiger partial charge on any atom is 0.268 e. The first kappa shape index (κ1) is 14.9. The van der Waals surface area contributed by atoms with Crippen molar-refractivity contribution in [3.63, 3.8) is 0 Å². The number of nitrogens with zero attached hydrogens (tertiary/aromatic N) is 2. The van der Waals surface area contributed by atoms with E-state index in [2.05, 4.69) is 15.3 Å². The van der Waals surface area contributed by atoms with Crippen LogP contribution in [0.5, 0.6) is 0 Å².